The summed E-state index contributed by atoms with van der Waals surface area (Å²) in [5.74, 6) is 0.894. The largest absolute Gasteiger partial charge is 0.317 e. The van der Waals surface area contributed by atoms with Gasteiger partial charge in [0.05, 0.1) is 0 Å². The van der Waals surface area contributed by atoms with E-state index >= 15 is 0 Å². The van der Waals surface area contributed by atoms with Crippen LogP contribution in [0.15, 0.2) is 12.7 Å². The predicted molar refractivity (Wildman–Crippen MR) is 115 cm³/mol. The SMILES string of the molecule is C=CCCCCCCCCCCCCCCCC(=O)C1CCCNCC1. The first-order chi connectivity index (χ1) is 12.8. The maximum Gasteiger partial charge on any atom is 0.136 e. The number of carbonyl (C=O) groups is 1. The van der Waals surface area contributed by atoms with E-state index in [-0.39, 0.29) is 0 Å². The van der Waals surface area contributed by atoms with Crippen molar-refractivity contribution in [3.8, 4) is 0 Å². The van der Waals surface area contributed by atoms with Crippen LogP contribution >= 0.6 is 0 Å². The van der Waals surface area contributed by atoms with E-state index in [4.69, 9.17) is 0 Å². The molecular weight excluding hydrogens is 318 g/mol. The number of carbonyl (C=O) groups excluding carboxylic acids is 1. The lowest BCUT2D eigenvalue weighted by molar-refractivity contribution is -0.123. The number of unbranched alkanes of at least 4 members (excludes halogenated alkanes) is 13. The molecule has 0 amide bonds. The molecule has 0 aromatic carbocycles. The second kappa shape index (κ2) is 17.8. The smallest absolute Gasteiger partial charge is 0.136 e. The molecule has 0 spiro atoms. The zero-order chi connectivity index (χ0) is 18.7. The zero-order valence-corrected chi connectivity index (χ0v) is 17.4. The minimum absolute atomic E-state index is 0.354. The molecule has 0 aliphatic carbocycles. The minimum Gasteiger partial charge on any atom is -0.317 e. The van der Waals surface area contributed by atoms with Crippen LogP contribution < -0.4 is 5.32 Å². The lowest BCUT2D eigenvalue weighted by atomic mass is 9.92. The van der Waals surface area contributed by atoms with Gasteiger partial charge in [0, 0.05) is 12.3 Å². The van der Waals surface area contributed by atoms with Gasteiger partial charge in [-0.25, -0.2) is 0 Å². The Hall–Kier alpha value is -0.630. The predicted octanol–water partition coefficient (Wildman–Crippen LogP) is 6.98. The normalized spacial score (nSPS) is 17.8. The standard InChI is InChI=1S/C24H45NO/c1-2-3-4-5-6-7-8-9-10-11-12-13-14-15-16-19-24(26)23-18-17-21-25-22-20-23/h2,23,25H,1,3-22H2. The van der Waals surface area contributed by atoms with Gasteiger partial charge in [0.1, 0.15) is 5.78 Å². The summed E-state index contributed by atoms with van der Waals surface area (Å²) in [5, 5.41) is 3.40. The van der Waals surface area contributed by atoms with Gasteiger partial charge in [-0.1, -0.05) is 76.7 Å². The van der Waals surface area contributed by atoms with E-state index in [9.17, 15) is 4.79 Å². The molecule has 1 aliphatic heterocycles. The van der Waals surface area contributed by atoms with Crippen LogP contribution in [0.5, 0.6) is 0 Å². The fraction of sp³-hybridized carbons (Fsp3) is 0.875. The number of ketones is 1. The molecule has 2 nitrogen and oxygen atoms in total. The Bertz CT molecular complexity index is 331. The summed E-state index contributed by atoms with van der Waals surface area (Å²) in [6.45, 7) is 5.90. The quantitative estimate of drug-likeness (QED) is 0.223. The van der Waals surface area contributed by atoms with Crippen molar-refractivity contribution in [3.63, 3.8) is 0 Å². The maximum absolute atomic E-state index is 12.3. The second-order valence-corrected chi connectivity index (χ2v) is 8.27. The molecule has 0 bridgehead atoms. The van der Waals surface area contributed by atoms with E-state index in [1.807, 2.05) is 6.08 Å². The Labute approximate surface area is 163 Å². The molecule has 2 heteroatoms. The summed E-state index contributed by atoms with van der Waals surface area (Å²) in [4.78, 5) is 12.3. The molecule has 1 unspecified atom stereocenters. The third kappa shape index (κ3) is 13.6. The monoisotopic (exact) mass is 363 g/mol. The summed E-state index contributed by atoms with van der Waals surface area (Å²) < 4.78 is 0. The van der Waals surface area contributed by atoms with E-state index < -0.39 is 0 Å². The highest BCUT2D eigenvalue weighted by atomic mass is 16.1. The van der Waals surface area contributed by atoms with Crippen LogP contribution in [0.2, 0.25) is 0 Å². The molecule has 1 N–H and O–H groups in total. The van der Waals surface area contributed by atoms with Crippen molar-refractivity contribution in [2.75, 3.05) is 13.1 Å². The molecule has 0 saturated carbocycles. The lowest BCUT2D eigenvalue weighted by Gasteiger charge is -2.12. The Kier molecular flexibility index (Phi) is 16.0. The molecule has 0 radical (unpaired) electrons. The van der Waals surface area contributed by atoms with E-state index in [0.717, 1.165) is 38.8 Å². The fourth-order valence-electron chi connectivity index (χ4n) is 4.08. The third-order valence-electron chi connectivity index (χ3n) is 5.86. The molecule has 1 fully saturated rings. The number of hydrogen-bond donors (Lipinski definition) is 1. The molecule has 1 heterocycles. The lowest BCUT2D eigenvalue weighted by Crippen LogP contribution is -2.17. The second-order valence-electron chi connectivity index (χ2n) is 8.27. The topological polar surface area (TPSA) is 29.1 Å². The Morgan fingerprint density at radius 3 is 1.88 bits per heavy atom. The highest BCUT2D eigenvalue weighted by molar-refractivity contribution is 5.80. The van der Waals surface area contributed by atoms with Crippen LogP contribution in [0.3, 0.4) is 0 Å². The Morgan fingerprint density at radius 2 is 1.31 bits per heavy atom. The molecule has 0 aromatic heterocycles. The van der Waals surface area contributed by atoms with Gasteiger partial charge in [0.25, 0.3) is 0 Å². The van der Waals surface area contributed by atoms with Gasteiger partial charge < -0.3 is 5.32 Å². The highest BCUT2D eigenvalue weighted by Gasteiger charge is 2.18. The molecule has 1 aliphatic rings. The maximum atomic E-state index is 12.3. The first kappa shape index (κ1) is 23.4. The van der Waals surface area contributed by atoms with Crippen LogP contribution in [0, 0.1) is 5.92 Å². The average molecular weight is 364 g/mol. The van der Waals surface area contributed by atoms with Gasteiger partial charge in [-0.15, -0.1) is 6.58 Å². The first-order valence-corrected chi connectivity index (χ1v) is 11.7. The van der Waals surface area contributed by atoms with Crippen molar-refractivity contribution < 1.29 is 4.79 Å². The molecule has 1 rings (SSSR count). The van der Waals surface area contributed by atoms with Gasteiger partial charge in [-0.2, -0.15) is 0 Å². The van der Waals surface area contributed by atoms with Crippen LogP contribution in [0.25, 0.3) is 0 Å². The van der Waals surface area contributed by atoms with Crippen molar-refractivity contribution in [1.29, 1.82) is 0 Å². The van der Waals surface area contributed by atoms with E-state index in [1.165, 1.54) is 89.9 Å². The number of Topliss-reactive ketones (excluding diaryl/α,β-unsaturated/α-hetero) is 1. The van der Waals surface area contributed by atoms with Crippen molar-refractivity contribution in [2.45, 2.75) is 116 Å². The minimum atomic E-state index is 0.354. The van der Waals surface area contributed by atoms with Crippen LogP contribution in [-0.2, 0) is 4.79 Å². The van der Waals surface area contributed by atoms with Crippen molar-refractivity contribution in [3.05, 3.63) is 12.7 Å². The summed E-state index contributed by atoms with van der Waals surface area (Å²) in [6.07, 6.45) is 25.1. The number of rotatable bonds is 17. The van der Waals surface area contributed by atoms with Gasteiger partial charge in [-0.05, 0) is 51.6 Å². The number of allylic oxidation sites excluding steroid dienone is 1. The summed E-state index contributed by atoms with van der Waals surface area (Å²) in [5.41, 5.74) is 0. The third-order valence-corrected chi connectivity index (χ3v) is 5.86. The van der Waals surface area contributed by atoms with E-state index in [2.05, 4.69) is 11.9 Å². The molecular formula is C24H45NO. The molecule has 1 atom stereocenters. The van der Waals surface area contributed by atoms with Crippen LogP contribution in [-0.4, -0.2) is 18.9 Å². The molecule has 0 aromatic rings. The molecule has 1 saturated heterocycles. The zero-order valence-electron chi connectivity index (χ0n) is 17.4. The Morgan fingerprint density at radius 1 is 0.769 bits per heavy atom. The Balaban J connectivity index is 1.78. The van der Waals surface area contributed by atoms with Crippen LogP contribution in [0.1, 0.15) is 116 Å². The van der Waals surface area contributed by atoms with Crippen molar-refractivity contribution >= 4 is 5.78 Å². The summed E-state index contributed by atoms with van der Waals surface area (Å²) >= 11 is 0. The van der Waals surface area contributed by atoms with E-state index in [1.54, 1.807) is 0 Å². The van der Waals surface area contributed by atoms with Crippen molar-refractivity contribution in [1.82, 2.24) is 5.32 Å². The molecule has 152 valence electrons. The van der Waals surface area contributed by atoms with Crippen molar-refractivity contribution in [2.24, 2.45) is 5.92 Å². The average Bonchev–Trinajstić information content (AvgIpc) is 2.94. The van der Waals surface area contributed by atoms with Gasteiger partial charge >= 0.3 is 0 Å². The summed E-state index contributed by atoms with van der Waals surface area (Å²) in [7, 11) is 0. The van der Waals surface area contributed by atoms with Crippen LogP contribution in [0.4, 0.5) is 0 Å². The fourth-order valence-corrected chi connectivity index (χ4v) is 4.08. The van der Waals surface area contributed by atoms with Gasteiger partial charge in [0.2, 0.25) is 0 Å². The van der Waals surface area contributed by atoms with Gasteiger partial charge in [0.15, 0.2) is 0 Å². The first-order valence-electron chi connectivity index (χ1n) is 11.7. The summed E-state index contributed by atoms with van der Waals surface area (Å²) in [6, 6.07) is 0. The number of nitrogens with one attached hydrogen (secondary N) is 1. The van der Waals surface area contributed by atoms with Gasteiger partial charge in [-0.3, -0.25) is 4.79 Å². The van der Waals surface area contributed by atoms with E-state index in [0.29, 0.717) is 11.7 Å². The molecule has 26 heavy (non-hydrogen) atoms. The highest BCUT2D eigenvalue weighted by Crippen LogP contribution is 2.19. The number of hydrogen-bond acceptors (Lipinski definition) is 2.